The van der Waals surface area contributed by atoms with Crippen LogP contribution in [-0.2, 0) is 12.8 Å². The number of fused-ring (bicyclic) bond motifs is 1. The van der Waals surface area contributed by atoms with Crippen LogP contribution in [0.15, 0.2) is 18.2 Å². The monoisotopic (exact) mass is 213 g/mol. The highest BCUT2D eigenvalue weighted by molar-refractivity contribution is 5.94. The predicted octanol–water partition coefficient (Wildman–Crippen LogP) is 1.88. The van der Waals surface area contributed by atoms with Crippen LogP contribution in [0.1, 0.15) is 27.9 Å². The highest BCUT2D eigenvalue weighted by atomic mass is 16.2. The highest BCUT2D eigenvalue weighted by Crippen LogP contribution is 2.23. The molecule has 0 heterocycles. The summed E-state index contributed by atoms with van der Waals surface area (Å²) in [5.74, 6) is 2.48. The molecular formula is C14H15NO. The molecule has 0 N–H and O–H groups in total. The number of hydrogen-bond acceptors (Lipinski definition) is 1. The molecule has 0 unspecified atom stereocenters. The zero-order valence-electron chi connectivity index (χ0n) is 9.49. The van der Waals surface area contributed by atoms with E-state index in [1.165, 1.54) is 17.5 Å². The first-order chi connectivity index (χ1) is 7.72. The van der Waals surface area contributed by atoms with E-state index in [1.54, 1.807) is 11.9 Å². The van der Waals surface area contributed by atoms with E-state index in [1.807, 2.05) is 12.1 Å². The van der Waals surface area contributed by atoms with Crippen LogP contribution in [0, 0.1) is 12.3 Å². The van der Waals surface area contributed by atoms with Crippen molar-refractivity contribution in [1.29, 1.82) is 0 Å². The van der Waals surface area contributed by atoms with E-state index in [2.05, 4.69) is 12.0 Å². The summed E-state index contributed by atoms with van der Waals surface area (Å²) < 4.78 is 0. The van der Waals surface area contributed by atoms with E-state index >= 15 is 0 Å². The number of carbonyl (C=O) groups excluding carboxylic acids is 1. The standard InChI is InChI=1S/C14H15NO/c1-3-9-15(2)14(16)13-8-7-11-5-4-6-12(11)10-13/h1,7-8,10H,4-6,9H2,2H3. The Morgan fingerprint density at radius 3 is 2.94 bits per heavy atom. The van der Waals surface area contributed by atoms with Gasteiger partial charge in [-0.25, -0.2) is 0 Å². The molecule has 0 radical (unpaired) electrons. The second kappa shape index (κ2) is 4.40. The maximum atomic E-state index is 12.0. The van der Waals surface area contributed by atoms with Gasteiger partial charge in [-0.15, -0.1) is 6.42 Å². The van der Waals surface area contributed by atoms with Crippen molar-refractivity contribution >= 4 is 5.91 Å². The van der Waals surface area contributed by atoms with Crippen LogP contribution in [0.2, 0.25) is 0 Å². The minimum absolute atomic E-state index is 0.00708. The molecule has 2 rings (SSSR count). The fourth-order valence-electron chi connectivity index (χ4n) is 2.13. The average molecular weight is 213 g/mol. The summed E-state index contributed by atoms with van der Waals surface area (Å²) in [5, 5.41) is 0. The van der Waals surface area contributed by atoms with Gasteiger partial charge in [-0.1, -0.05) is 12.0 Å². The molecule has 1 aromatic rings. The molecule has 0 bridgehead atoms. The number of rotatable bonds is 2. The third-order valence-corrected chi connectivity index (χ3v) is 3.02. The van der Waals surface area contributed by atoms with Crippen LogP contribution in [0.25, 0.3) is 0 Å². The molecule has 0 saturated carbocycles. The summed E-state index contributed by atoms with van der Waals surface area (Å²) in [7, 11) is 1.73. The molecule has 1 aliphatic carbocycles. The molecule has 1 aromatic carbocycles. The van der Waals surface area contributed by atoms with Gasteiger partial charge >= 0.3 is 0 Å². The van der Waals surface area contributed by atoms with Crippen LogP contribution >= 0.6 is 0 Å². The van der Waals surface area contributed by atoms with Crippen molar-refractivity contribution in [3.8, 4) is 12.3 Å². The Balaban J connectivity index is 2.22. The Kier molecular flexibility index (Phi) is 2.96. The van der Waals surface area contributed by atoms with Gasteiger partial charge in [0.15, 0.2) is 0 Å². The van der Waals surface area contributed by atoms with Gasteiger partial charge in [0, 0.05) is 12.6 Å². The van der Waals surface area contributed by atoms with Gasteiger partial charge in [-0.3, -0.25) is 4.79 Å². The van der Waals surface area contributed by atoms with Crippen molar-refractivity contribution in [2.75, 3.05) is 13.6 Å². The number of carbonyl (C=O) groups is 1. The number of aryl methyl sites for hydroxylation is 2. The molecule has 1 amide bonds. The number of terminal acetylenes is 1. The molecule has 0 aromatic heterocycles. The number of nitrogens with zero attached hydrogens (tertiary/aromatic N) is 1. The molecule has 0 aliphatic heterocycles. The maximum absolute atomic E-state index is 12.0. The molecule has 0 spiro atoms. The van der Waals surface area contributed by atoms with Gasteiger partial charge in [-0.2, -0.15) is 0 Å². The summed E-state index contributed by atoms with van der Waals surface area (Å²) in [6.07, 6.45) is 8.63. The van der Waals surface area contributed by atoms with Gasteiger partial charge in [-0.05, 0) is 42.5 Å². The van der Waals surface area contributed by atoms with Gasteiger partial charge in [0.2, 0.25) is 0 Å². The largest absolute Gasteiger partial charge is 0.331 e. The Labute approximate surface area is 96.3 Å². The fourth-order valence-corrected chi connectivity index (χ4v) is 2.13. The lowest BCUT2D eigenvalue weighted by Crippen LogP contribution is -2.27. The zero-order valence-corrected chi connectivity index (χ0v) is 9.49. The van der Waals surface area contributed by atoms with Crippen molar-refractivity contribution in [2.45, 2.75) is 19.3 Å². The van der Waals surface area contributed by atoms with Crippen molar-refractivity contribution in [3.63, 3.8) is 0 Å². The Bertz CT molecular complexity index is 456. The predicted molar refractivity (Wildman–Crippen MR) is 64.3 cm³/mol. The maximum Gasteiger partial charge on any atom is 0.254 e. The molecule has 2 nitrogen and oxygen atoms in total. The lowest BCUT2D eigenvalue weighted by atomic mass is 10.1. The second-order valence-electron chi connectivity index (χ2n) is 4.20. The van der Waals surface area contributed by atoms with Gasteiger partial charge < -0.3 is 4.90 Å². The first kappa shape index (κ1) is 10.8. The fraction of sp³-hybridized carbons (Fsp3) is 0.357. The summed E-state index contributed by atoms with van der Waals surface area (Å²) in [6.45, 7) is 0.357. The Hall–Kier alpha value is -1.75. The Morgan fingerprint density at radius 1 is 1.44 bits per heavy atom. The van der Waals surface area contributed by atoms with Crippen molar-refractivity contribution in [3.05, 3.63) is 34.9 Å². The summed E-state index contributed by atoms with van der Waals surface area (Å²) in [6, 6.07) is 5.98. The molecular weight excluding hydrogens is 198 g/mol. The third-order valence-electron chi connectivity index (χ3n) is 3.02. The number of benzene rings is 1. The molecule has 2 heteroatoms. The molecule has 16 heavy (non-hydrogen) atoms. The quantitative estimate of drug-likeness (QED) is 0.687. The van der Waals surface area contributed by atoms with Crippen molar-refractivity contribution in [1.82, 2.24) is 4.90 Å². The van der Waals surface area contributed by atoms with Gasteiger partial charge in [0.25, 0.3) is 5.91 Å². The van der Waals surface area contributed by atoms with E-state index in [0.29, 0.717) is 6.54 Å². The molecule has 0 atom stereocenters. The van der Waals surface area contributed by atoms with E-state index < -0.39 is 0 Å². The number of hydrogen-bond donors (Lipinski definition) is 0. The summed E-state index contributed by atoms with van der Waals surface area (Å²) in [5.41, 5.74) is 3.45. The van der Waals surface area contributed by atoms with Gasteiger partial charge in [0.05, 0.1) is 6.54 Å². The Morgan fingerprint density at radius 2 is 2.19 bits per heavy atom. The minimum atomic E-state index is 0.00708. The van der Waals surface area contributed by atoms with Crippen LogP contribution in [0.3, 0.4) is 0 Å². The van der Waals surface area contributed by atoms with Crippen LogP contribution < -0.4 is 0 Å². The summed E-state index contributed by atoms with van der Waals surface area (Å²) >= 11 is 0. The average Bonchev–Trinajstić information content (AvgIpc) is 2.75. The second-order valence-corrected chi connectivity index (χ2v) is 4.20. The van der Waals surface area contributed by atoms with E-state index in [9.17, 15) is 4.79 Å². The normalized spacial score (nSPS) is 13.0. The lowest BCUT2D eigenvalue weighted by Gasteiger charge is -2.14. The van der Waals surface area contributed by atoms with Crippen LogP contribution in [-0.4, -0.2) is 24.4 Å². The zero-order chi connectivity index (χ0) is 11.5. The summed E-state index contributed by atoms with van der Waals surface area (Å²) in [4.78, 5) is 13.5. The van der Waals surface area contributed by atoms with E-state index in [4.69, 9.17) is 6.42 Å². The molecule has 1 aliphatic rings. The SMILES string of the molecule is C#CCN(C)C(=O)c1ccc2c(c1)CCC2. The van der Waals surface area contributed by atoms with Crippen molar-refractivity contribution in [2.24, 2.45) is 0 Å². The molecule has 0 fully saturated rings. The first-order valence-corrected chi connectivity index (χ1v) is 5.53. The number of amides is 1. The topological polar surface area (TPSA) is 20.3 Å². The highest BCUT2D eigenvalue weighted by Gasteiger charge is 2.15. The lowest BCUT2D eigenvalue weighted by molar-refractivity contribution is 0.0812. The van der Waals surface area contributed by atoms with Gasteiger partial charge in [0.1, 0.15) is 0 Å². The molecule has 82 valence electrons. The van der Waals surface area contributed by atoms with Crippen LogP contribution in [0.5, 0.6) is 0 Å². The smallest absolute Gasteiger partial charge is 0.254 e. The van der Waals surface area contributed by atoms with E-state index in [0.717, 1.165) is 18.4 Å². The third kappa shape index (κ3) is 1.94. The molecule has 0 saturated heterocycles. The van der Waals surface area contributed by atoms with E-state index in [-0.39, 0.29) is 5.91 Å². The van der Waals surface area contributed by atoms with Crippen molar-refractivity contribution < 1.29 is 4.79 Å². The first-order valence-electron chi connectivity index (χ1n) is 5.53. The van der Waals surface area contributed by atoms with Crippen LogP contribution in [0.4, 0.5) is 0 Å². The minimum Gasteiger partial charge on any atom is -0.331 e.